The van der Waals surface area contributed by atoms with Gasteiger partial charge in [0.1, 0.15) is 11.8 Å². The van der Waals surface area contributed by atoms with Gasteiger partial charge < -0.3 is 19.4 Å². The van der Waals surface area contributed by atoms with Gasteiger partial charge in [-0.1, -0.05) is 59.7 Å². The van der Waals surface area contributed by atoms with E-state index in [4.69, 9.17) is 14.1 Å². The highest BCUT2D eigenvalue weighted by molar-refractivity contribution is 6.16. The van der Waals surface area contributed by atoms with Gasteiger partial charge in [0.15, 0.2) is 17.6 Å². The van der Waals surface area contributed by atoms with E-state index in [1.807, 2.05) is 60.7 Å². The average Bonchev–Trinajstić information content (AvgIpc) is 3.39. The Morgan fingerprint density at radius 3 is 2.58 bits per heavy atom. The largest absolute Gasteiger partial charge is 0.402 e. The highest BCUT2D eigenvalue weighted by atomic mass is 16.5. The molecule has 2 aromatic heterocycles. The molecule has 4 heterocycles. The average molecular weight is 506 g/mol. The minimum absolute atomic E-state index is 0.0394. The Labute approximate surface area is 218 Å². The number of aromatic nitrogens is 3. The number of anilines is 2. The van der Waals surface area contributed by atoms with Crippen molar-refractivity contribution in [2.75, 3.05) is 36.5 Å². The number of pyridine rings is 1. The van der Waals surface area contributed by atoms with Crippen LogP contribution in [0.2, 0.25) is 0 Å². The molecule has 1 saturated heterocycles. The summed E-state index contributed by atoms with van der Waals surface area (Å²) in [6, 6.07) is 23.1. The quantitative estimate of drug-likeness (QED) is 0.434. The number of aliphatic imine (C=N–C) groups is 1. The zero-order chi connectivity index (χ0) is 25.9. The van der Waals surface area contributed by atoms with Gasteiger partial charge in [0.25, 0.3) is 5.89 Å². The lowest BCUT2D eigenvalue weighted by Crippen LogP contribution is -2.36. The number of benzene rings is 2. The number of ether oxygens (including phenoxy) is 1. The molecule has 0 bridgehead atoms. The molecule has 188 valence electrons. The number of rotatable bonds is 5. The number of ketones is 1. The SMILES string of the molecule is N#Cc1ccc(N2CCOCC2)c(-c2nnc(N[C@H]3N=C(c4ccccc4)c4ccccc4CC3=O)o2)n1. The van der Waals surface area contributed by atoms with Crippen LogP contribution in [0.4, 0.5) is 11.7 Å². The zero-order valence-electron chi connectivity index (χ0n) is 20.4. The Bertz CT molecular complexity index is 1550. The van der Waals surface area contributed by atoms with Crippen LogP contribution >= 0.6 is 0 Å². The minimum Gasteiger partial charge on any atom is -0.402 e. The Kier molecular flexibility index (Phi) is 6.34. The summed E-state index contributed by atoms with van der Waals surface area (Å²) in [5.41, 5.74) is 4.84. The molecule has 1 N–H and O–H groups in total. The summed E-state index contributed by atoms with van der Waals surface area (Å²) in [4.78, 5) is 24.6. The van der Waals surface area contributed by atoms with Crippen molar-refractivity contribution in [1.29, 1.82) is 5.26 Å². The number of hydrogen-bond acceptors (Lipinski definition) is 10. The van der Waals surface area contributed by atoms with Gasteiger partial charge in [-0.3, -0.25) is 9.79 Å². The number of Topliss-reactive ketones (excluding diaryl/α,β-unsaturated/α-hetero) is 1. The van der Waals surface area contributed by atoms with Crippen molar-refractivity contribution in [1.82, 2.24) is 15.2 Å². The lowest BCUT2D eigenvalue weighted by Gasteiger charge is -2.29. The van der Waals surface area contributed by atoms with E-state index in [9.17, 15) is 10.1 Å². The summed E-state index contributed by atoms with van der Waals surface area (Å²) < 4.78 is 11.4. The van der Waals surface area contributed by atoms with Crippen LogP contribution < -0.4 is 10.2 Å². The molecule has 4 aromatic rings. The first kappa shape index (κ1) is 23.5. The maximum Gasteiger partial charge on any atom is 0.317 e. The van der Waals surface area contributed by atoms with Gasteiger partial charge in [0, 0.05) is 30.6 Å². The molecule has 0 saturated carbocycles. The Hall–Kier alpha value is -4.88. The lowest BCUT2D eigenvalue weighted by molar-refractivity contribution is -0.119. The first-order valence-corrected chi connectivity index (χ1v) is 12.3. The van der Waals surface area contributed by atoms with E-state index >= 15 is 0 Å². The van der Waals surface area contributed by atoms with Gasteiger partial charge in [-0.05, 0) is 17.7 Å². The van der Waals surface area contributed by atoms with Crippen LogP contribution in [0.1, 0.15) is 22.4 Å². The molecule has 10 nitrogen and oxygen atoms in total. The molecule has 38 heavy (non-hydrogen) atoms. The number of fused-ring (bicyclic) bond motifs is 1. The number of hydrogen-bond donors (Lipinski definition) is 1. The summed E-state index contributed by atoms with van der Waals surface area (Å²) in [5, 5.41) is 20.7. The van der Waals surface area contributed by atoms with Crippen molar-refractivity contribution in [3.8, 4) is 17.7 Å². The summed E-state index contributed by atoms with van der Waals surface area (Å²) in [6.07, 6.45) is -0.718. The van der Waals surface area contributed by atoms with E-state index in [-0.39, 0.29) is 29.8 Å². The first-order chi connectivity index (χ1) is 18.7. The van der Waals surface area contributed by atoms with Crippen molar-refractivity contribution in [2.24, 2.45) is 4.99 Å². The predicted molar refractivity (Wildman–Crippen MR) is 140 cm³/mol. The molecule has 2 aliphatic heterocycles. The zero-order valence-corrected chi connectivity index (χ0v) is 20.4. The number of morpholine rings is 1. The van der Waals surface area contributed by atoms with Crippen LogP contribution in [0.15, 0.2) is 76.1 Å². The highest BCUT2D eigenvalue weighted by Crippen LogP contribution is 2.30. The number of carbonyl (C=O) groups excluding carboxylic acids is 1. The van der Waals surface area contributed by atoms with Crippen molar-refractivity contribution in [3.05, 3.63) is 89.1 Å². The summed E-state index contributed by atoms with van der Waals surface area (Å²) in [5.74, 6) is 0.0180. The monoisotopic (exact) mass is 505 g/mol. The molecule has 10 heteroatoms. The van der Waals surface area contributed by atoms with Crippen LogP contribution in [0.5, 0.6) is 0 Å². The lowest BCUT2D eigenvalue weighted by atomic mass is 9.96. The molecule has 6 rings (SSSR count). The number of nitrogens with zero attached hydrogens (tertiary/aromatic N) is 6. The molecular weight excluding hydrogens is 482 g/mol. The van der Waals surface area contributed by atoms with Gasteiger partial charge in [0.2, 0.25) is 0 Å². The molecule has 1 atom stereocenters. The summed E-state index contributed by atoms with van der Waals surface area (Å²) in [6.45, 7) is 2.52. The molecule has 0 unspecified atom stereocenters. The third-order valence-corrected chi connectivity index (χ3v) is 6.48. The predicted octanol–water partition coefficient (Wildman–Crippen LogP) is 3.24. The molecule has 0 radical (unpaired) electrons. The fourth-order valence-electron chi connectivity index (χ4n) is 4.62. The Morgan fingerprint density at radius 1 is 0.974 bits per heavy atom. The van der Waals surface area contributed by atoms with Gasteiger partial charge in [-0.15, -0.1) is 5.10 Å². The number of carbonyl (C=O) groups is 1. The van der Waals surface area contributed by atoms with Gasteiger partial charge >= 0.3 is 6.01 Å². The van der Waals surface area contributed by atoms with E-state index in [0.29, 0.717) is 37.7 Å². The molecule has 2 aliphatic rings. The van der Waals surface area contributed by atoms with E-state index in [1.54, 1.807) is 6.07 Å². The minimum atomic E-state index is -0.928. The second-order valence-corrected chi connectivity index (χ2v) is 8.88. The van der Waals surface area contributed by atoms with Crippen LogP contribution in [0.3, 0.4) is 0 Å². The van der Waals surface area contributed by atoms with Gasteiger partial charge in [-0.25, -0.2) is 4.98 Å². The smallest absolute Gasteiger partial charge is 0.317 e. The van der Waals surface area contributed by atoms with E-state index in [0.717, 1.165) is 22.4 Å². The standard InChI is InChI=1S/C28H23N7O3/c29-17-20-10-11-22(35-12-14-37-15-13-35)25(30-20)27-33-34-28(38-27)32-26-23(36)16-19-8-4-5-9-21(19)24(31-26)18-6-2-1-3-7-18/h1-11,26H,12-16H2,(H,32,34)/t26-/m1/s1. The highest BCUT2D eigenvalue weighted by Gasteiger charge is 2.28. The van der Waals surface area contributed by atoms with E-state index in [2.05, 4.69) is 31.5 Å². The summed E-state index contributed by atoms with van der Waals surface area (Å²) in [7, 11) is 0. The maximum absolute atomic E-state index is 13.3. The number of nitriles is 1. The topological polar surface area (TPSA) is 130 Å². The van der Waals surface area contributed by atoms with Crippen molar-refractivity contribution < 1.29 is 13.9 Å². The maximum atomic E-state index is 13.3. The first-order valence-electron chi connectivity index (χ1n) is 12.3. The molecule has 0 spiro atoms. The Balaban J connectivity index is 1.34. The van der Waals surface area contributed by atoms with E-state index in [1.165, 1.54) is 0 Å². The second kappa shape index (κ2) is 10.2. The molecule has 2 aromatic carbocycles. The van der Waals surface area contributed by atoms with Gasteiger partial charge in [0.05, 0.1) is 24.6 Å². The van der Waals surface area contributed by atoms with Crippen LogP contribution in [0.25, 0.3) is 11.6 Å². The second-order valence-electron chi connectivity index (χ2n) is 8.88. The summed E-state index contributed by atoms with van der Waals surface area (Å²) >= 11 is 0. The van der Waals surface area contributed by atoms with Crippen LogP contribution in [-0.4, -0.2) is 59.1 Å². The fraction of sp³-hybridized carbons (Fsp3) is 0.214. The van der Waals surface area contributed by atoms with Gasteiger partial charge in [-0.2, -0.15) is 5.26 Å². The van der Waals surface area contributed by atoms with Crippen molar-refractivity contribution in [3.63, 3.8) is 0 Å². The van der Waals surface area contributed by atoms with Crippen LogP contribution in [-0.2, 0) is 16.0 Å². The Morgan fingerprint density at radius 2 is 1.76 bits per heavy atom. The molecular formula is C28H23N7O3. The molecule has 0 aliphatic carbocycles. The van der Waals surface area contributed by atoms with Crippen molar-refractivity contribution in [2.45, 2.75) is 12.6 Å². The van der Waals surface area contributed by atoms with Crippen LogP contribution in [0, 0.1) is 11.3 Å². The third kappa shape index (κ3) is 4.63. The fourth-order valence-corrected chi connectivity index (χ4v) is 4.62. The third-order valence-electron chi connectivity index (χ3n) is 6.48. The number of nitrogens with one attached hydrogen (secondary N) is 1. The molecule has 0 amide bonds. The molecule has 1 fully saturated rings. The van der Waals surface area contributed by atoms with E-state index < -0.39 is 6.17 Å². The normalized spacial score (nSPS) is 17.2. The van der Waals surface area contributed by atoms with Crippen molar-refractivity contribution >= 4 is 23.2 Å².